The van der Waals surface area contributed by atoms with E-state index in [-0.39, 0.29) is 11.8 Å². The predicted molar refractivity (Wildman–Crippen MR) is 113 cm³/mol. The van der Waals surface area contributed by atoms with Crippen LogP contribution in [0.4, 0.5) is 0 Å². The van der Waals surface area contributed by atoms with Crippen LogP contribution < -0.4 is 4.74 Å². The van der Waals surface area contributed by atoms with Crippen LogP contribution in [0, 0.1) is 0 Å². The van der Waals surface area contributed by atoms with Gasteiger partial charge in [-0.2, -0.15) is 0 Å². The molecule has 0 radical (unpaired) electrons. The lowest BCUT2D eigenvalue weighted by Gasteiger charge is -2.35. The minimum Gasteiger partial charge on any atom is -0.465 e. The molecule has 0 aromatic heterocycles. The standard InChI is InChI=1S/C23H26BrNO3/c1-2-3-4-5-6-7-12-21(26)25-22(27)19-10-8-9-11-20(19)28-23(25)17-13-15-18(24)16-14-17/h8-11,13-16,23H,2-7,12H2,1H3/t23-/m1/s1. The van der Waals surface area contributed by atoms with Crippen LogP contribution in [0.25, 0.3) is 0 Å². The van der Waals surface area contributed by atoms with E-state index in [1.807, 2.05) is 30.3 Å². The SMILES string of the molecule is CCCCCCCCC(=O)N1C(=O)c2ccccc2O[C@@H]1c1ccc(Br)cc1. The van der Waals surface area contributed by atoms with E-state index in [9.17, 15) is 9.59 Å². The van der Waals surface area contributed by atoms with E-state index in [0.29, 0.717) is 17.7 Å². The molecule has 0 saturated carbocycles. The summed E-state index contributed by atoms with van der Waals surface area (Å²) < 4.78 is 7.02. The number of carbonyl (C=O) groups is 2. The van der Waals surface area contributed by atoms with Gasteiger partial charge in [0.05, 0.1) is 5.56 Å². The average molecular weight is 444 g/mol. The smallest absolute Gasteiger partial charge is 0.267 e. The molecule has 3 rings (SSSR count). The fourth-order valence-corrected chi connectivity index (χ4v) is 3.69. The van der Waals surface area contributed by atoms with E-state index in [4.69, 9.17) is 4.74 Å². The van der Waals surface area contributed by atoms with Crippen LogP contribution in [0.15, 0.2) is 53.0 Å². The second-order valence-electron chi connectivity index (χ2n) is 7.10. The number of carbonyl (C=O) groups excluding carboxylic acids is 2. The van der Waals surface area contributed by atoms with Crippen LogP contribution in [0.5, 0.6) is 5.75 Å². The highest BCUT2D eigenvalue weighted by molar-refractivity contribution is 9.10. The Balaban J connectivity index is 1.77. The first-order chi connectivity index (χ1) is 13.6. The lowest BCUT2D eigenvalue weighted by molar-refractivity contribution is -0.136. The van der Waals surface area contributed by atoms with Crippen molar-refractivity contribution >= 4 is 27.7 Å². The number of ether oxygens (including phenoxy) is 1. The molecule has 28 heavy (non-hydrogen) atoms. The van der Waals surface area contributed by atoms with Crippen LogP contribution in [-0.2, 0) is 4.79 Å². The molecule has 2 amide bonds. The molecule has 0 fully saturated rings. The Hall–Kier alpha value is -2.14. The van der Waals surface area contributed by atoms with Gasteiger partial charge >= 0.3 is 0 Å². The van der Waals surface area contributed by atoms with Crippen LogP contribution in [-0.4, -0.2) is 16.7 Å². The zero-order chi connectivity index (χ0) is 19.9. The zero-order valence-corrected chi connectivity index (χ0v) is 17.8. The molecule has 0 N–H and O–H groups in total. The summed E-state index contributed by atoms with van der Waals surface area (Å²) in [7, 11) is 0. The summed E-state index contributed by atoms with van der Waals surface area (Å²) in [5, 5.41) is 0. The first kappa shape index (κ1) is 20.6. The Bertz CT molecular complexity index is 819. The van der Waals surface area contributed by atoms with E-state index in [0.717, 1.165) is 29.3 Å². The Morgan fingerprint density at radius 2 is 1.68 bits per heavy atom. The van der Waals surface area contributed by atoms with Crippen molar-refractivity contribution in [2.24, 2.45) is 0 Å². The summed E-state index contributed by atoms with van der Waals surface area (Å²) in [6, 6.07) is 14.6. The van der Waals surface area contributed by atoms with Gasteiger partial charge in [-0.25, -0.2) is 4.90 Å². The highest BCUT2D eigenvalue weighted by atomic mass is 79.9. The molecule has 0 unspecified atom stereocenters. The van der Waals surface area contributed by atoms with Gasteiger partial charge in [0.2, 0.25) is 12.1 Å². The number of fused-ring (bicyclic) bond motifs is 1. The summed E-state index contributed by atoms with van der Waals surface area (Å²) in [4.78, 5) is 27.4. The van der Waals surface area contributed by atoms with Crippen molar-refractivity contribution in [2.45, 2.75) is 58.1 Å². The van der Waals surface area contributed by atoms with Gasteiger partial charge in [-0.05, 0) is 30.7 Å². The number of imide groups is 1. The molecule has 0 spiro atoms. The largest absolute Gasteiger partial charge is 0.465 e. The lowest BCUT2D eigenvalue weighted by atomic mass is 10.1. The normalized spacial score (nSPS) is 15.9. The number of unbranched alkanes of at least 4 members (excludes halogenated alkanes) is 5. The van der Waals surface area contributed by atoms with Crippen molar-refractivity contribution in [3.05, 3.63) is 64.1 Å². The summed E-state index contributed by atoms with van der Waals surface area (Å²) in [5.41, 5.74) is 1.22. The van der Waals surface area contributed by atoms with Gasteiger partial charge in [0.25, 0.3) is 5.91 Å². The number of rotatable bonds is 8. The van der Waals surface area contributed by atoms with Crippen molar-refractivity contribution in [3.8, 4) is 5.75 Å². The van der Waals surface area contributed by atoms with Gasteiger partial charge in [0.1, 0.15) is 5.75 Å². The molecular weight excluding hydrogens is 418 g/mol. The molecule has 1 aliphatic heterocycles. The summed E-state index contributed by atoms with van der Waals surface area (Å²) >= 11 is 3.42. The highest BCUT2D eigenvalue weighted by Gasteiger charge is 2.38. The van der Waals surface area contributed by atoms with Crippen molar-refractivity contribution in [1.29, 1.82) is 0 Å². The minimum atomic E-state index is -0.733. The van der Waals surface area contributed by atoms with Crippen molar-refractivity contribution < 1.29 is 14.3 Å². The Kier molecular flexibility index (Phi) is 7.26. The highest BCUT2D eigenvalue weighted by Crippen LogP contribution is 2.36. The molecule has 1 aliphatic rings. The molecule has 1 atom stereocenters. The molecular formula is C23H26BrNO3. The van der Waals surface area contributed by atoms with E-state index in [1.165, 1.54) is 24.2 Å². The average Bonchev–Trinajstić information content (AvgIpc) is 2.71. The number of benzene rings is 2. The van der Waals surface area contributed by atoms with E-state index in [2.05, 4.69) is 22.9 Å². The van der Waals surface area contributed by atoms with E-state index in [1.54, 1.807) is 18.2 Å². The number of hydrogen-bond acceptors (Lipinski definition) is 3. The molecule has 4 nitrogen and oxygen atoms in total. The van der Waals surface area contributed by atoms with Crippen molar-refractivity contribution in [2.75, 3.05) is 0 Å². The quantitative estimate of drug-likeness (QED) is 0.452. The van der Waals surface area contributed by atoms with E-state index >= 15 is 0 Å². The van der Waals surface area contributed by atoms with Gasteiger partial charge in [-0.15, -0.1) is 0 Å². The maximum absolute atomic E-state index is 13.1. The third kappa shape index (κ3) is 4.82. The van der Waals surface area contributed by atoms with Crippen LogP contribution >= 0.6 is 15.9 Å². The topological polar surface area (TPSA) is 46.6 Å². The van der Waals surface area contributed by atoms with Crippen LogP contribution in [0.2, 0.25) is 0 Å². The Morgan fingerprint density at radius 1 is 1.00 bits per heavy atom. The van der Waals surface area contributed by atoms with Gasteiger partial charge < -0.3 is 4.74 Å². The summed E-state index contributed by atoms with van der Waals surface area (Å²) in [5.74, 6) is 0.0534. The number of nitrogens with zero attached hydrogens (tertiary/aromatic N) is 1. The Morgan fingerprint density at radius 3 is 2.43 bits per heavy atom. The number of amides is 2. The third-order valence-electron chi connectivity index (χ3n) is 4.98. The van der Waals surface area contributed by atoms with Gasteiger partial charge in [-0.3, -0.25) is 9.59 Å². The number of halogens is 1. The maximum Gasteiger partial charge on any atom is 0.267 e. The zero-order valence-electron chi connectivity index (χ0n) is 16.2. The number of para-hydroxylation sites is 1. The second kappa shape index (κ2) is 9.87. The molecule has 2 aromatic carbocycles. The second-order valence-corrected chi connectivity index (χ2v) is 8.02. The maximum atomic E-state index is 13.1. The van der Waals surface area contributed by atoms with Crippen molar-refractivity contribution in [3.63, 3.8) is 0 Å². The van der Waals surface area contributed by atoms with E-state index < -0.39 is 6.23 Å². The lowest BCUT2D eigenvalue weighted by Crippen LogP contribution is -2.45. The number of hydrogen-bond donors (Lipinski definition) is 0. The molecule has 2 aromatic rings. The fraction of sp³-hybridized carbons (Fsp3) is 0.391. The van der Waals surface area contributed by atoms with Crippen LogP contribution in [0.1, 0.15) is 74.0 Å². The van der Waals surface area contributed by atoms with Crippen molar-refractivity contribution in [1.82, 2.24) is 4.90 Å². The first-order valence-corrected chi connectivity index (χ1v) is 10.8. The molecule has 0 bridgehead atoms. The molecule has 1 heterocycles. The monoisotopic (exact) mass is 443 g/mol. The molecule has 5 heteroatoms. The molecule has 0 aliphatic carbocycles. The fourth-order valence-electron chi connectivity index (χ4n) is 3.42. The van der Waals surface area contributed by atoms with Gasteiger partial charge in [0, 0.05) is 16.5 Å². The predicted octanol–water partition coefficient (Wildman–Crippen LogP) is 6.26. The molecule has 0 saturated heterocycles. The Labute approximate surface area is 175 Å². The van der Waals surface area contributed by atoms with Gasteiger partial charge in [0.15, 0.2) is 0 Å². The van der Waals surface area contributed by atoms with Crippen LogP contribution in [0.3, 0.4) is 0 Å². The first-order valence-electron chi connectivity index (χ1n) is 9.99. The third-order valence-corrected chi connectivity index (χ3v) is 5.51. The van der Waals surface area contributed by atoms with Gasteiger partial charge in [-0.1, -0.05) is 79.2 Å². The summed E-state index contributed by atoms with van der Waals surface area (Å²) in [6.07, 6.45) is 6.19. The summed E-state index contributed by atoms with van der Waals surface area (Å²) in [6.45, 7) is 2.19. The molecule has 148 valence electrons. The minimum absolute atomic E-state index is 0.178.